The first kappa shape index (κ1) is 20.6. The zero-order valence-corrected chi connectivity index (χ0v) is 16.9. The smallest absolute Gasteiger partial charge is 0.412 e. The van der Waals surface area contributed by atoms with Crippen molar-refractivity contribution in [3.63, 3.8) is 0 Å². The topological polar surface area (TPSA) is 132 Å². The summed E-state index contributed by atoms with van der Waals surface area (Å²) < 4.78 is 11.8. The van der Waals surface area contributed by atoms with Crippen LogP contribution in [0.2, 0.25) is 0 Å². The van der Waals surface area contributed by atoms with Crippen molar-refractivity contribution in [3.05, 3.63) is 42.4 Å². The maximum absolute atomic E-state index is 12.3. The summed E-state index contributed by atoms with van der Waals surface area (Å²) in [7, 11) is 6.06. The first-order chi connectivity index (χ1) is 14.5. The third kappa shape index (κ3) is 4.29. The number of rotatable bonds is 6. The SMILES string of the molecule is CNC(=O)c1cnc(NC(=O)OC)cc1Nc1cccc(-c2ncn(C)n2)c1OC. The van der Waals surface area contributed by atoms with Crippen LogP contribution >= 0.6 is 0 Å². The van der Waals surface area contributed by atoms with Crippen molar-refractivity contribution >= 4 is 29.2 Å². The van der Waals surface area contributed by atoms with Crippen LogP contribution < -0.4 is 20.7 Å². The van der Waals surface area contributed by atoms with Crippen LogP contribution in [-0.4, -0.2) is 53.0 Å². The number of amides is 2. The molecule has 3 aromatic rings. The van der Waals surface area contributed by atoms with Gasteiger partial charge in [-0.1, -0.05) is 6.07 Å². The molecule has 11 heteroatoms. The Bertz CT molecular complexity index is 1080. The largest absolute Gasteiger partial charge is 0.494 e. The molecular formula is C19H21N7O4. The molecule has 0 spiro atoms. The molecule has 0 radical (unpaired) electrons. The predicted molar refractivity (Wildman–Crippen MR) is 110 cm³/mol. The minimum absolute atomic E-state index is 0.207. The molecular weight excluding hydrogens is 390 g/mol. The molecule has 0 saturated carbocycles. The molecule has 0 aliphatic heterocycles. The molecule has 156 valence electrons. The fraction of sp³-hybridized carbons (Fsp3) is 0.211. The maximum atomic E-state index is 12.3. The van der Waals surface area contributed by atoms with Crippen LogP contribution in [0.3, 0.4) is 0 Å². The van der Waals surface area contributed by atoms with Crippen LogP contribution in [0, 0.1) is 0 Å². The van der Waals surface area contributed by atoms with Crippen LogP contribution in [0.4, 0.5) is 22.0 Å². The Balaban J connectivity index is 2.05. The Morgan fingerprint density at radius 1 is 1.13 bits per heavy atom. The van der Waals surface area contributed by atoms with E-state index in [2.05, 4.69) is 35.8 Å². The highest BCUT2D eigenvalue weighted by atomic mass is 16.5. The van der Waals surface area contributed by atoms with Crippen molar-refractivity contribution in [3.8, 4) is 17.1 Å². The van der Waals surface area contributed by atoms with Gasteiger partial charge in [-0.2, -0.15) is 5.10 Å². The number of para-hydroxylation sites is 1. The van der Waals surface area contributed by atoms with Gasteiger partial charge in [0.2, 0.25) is 0 Å². The number of benzene rings is 1. The van der Waals surface area contributed by atoms with Gasteiger partial charge in [0.1, 0.15) is 12.1 Å². The summed E-state index contributed by atoms with van der Waals surface area (Å²) in [6.45, 7) is 0. The Labute approximate surface area is 172 Å². The van der Waals surface area contributed by atoms with Gasteiger partial charge in [-0.15, -0.1) is 0 Å². The number of hydrogen-bond acceptors (Lipinski definition) is 8. The second-order valence-corrected chi connectivity index (χ2v) is 6.06. The number of carbonyl (C=O) groups excluding carboxylic acids is 2. The van der Waals surface area contributed by atoms with Crippen molar-refractivity contribution < 1.29 is 19.1 Å². The lowest BCUT2D eigenvalue weighted by Gasteiger charge is -2.16. The number of anilines is 3. The molecule has 0 unspecified atom stereocenters. The normalized spacial score (nSPS) is 10.3. The van der Waals surface area contributed by atoms with Gasteiger partial charge >= 0.3 is 6.09 Å². The monoisotopic (exact) mass is 411 g/mol. The molecule has 1 aromatic carbocycles. The van der Waals surface area contributed by atoms with Crippen molar-refractivity contribution in [2.24, 2.45) is 7.05 Å². The third-order valence-electron chi connectivity index (χ3n) is 4.12. The quantitative estimate of drug-likeness (QED) is 0.562. The number of aromatic nitrogens is 4. The number of nitrogens with one attached hydrogen (secondary N) is 3. The number of hydrogen-bond donors (Lipinski definition) is 3. The summed E-state index contributed by atoms with van der Waals surface area (Å²) in [4.78, 5) is 32.2. The van der Waals surface area contributed by atoms with E-state index in [1.807, 2.05) is 12.1 Å². The second kappa shape index (κ2) is 8.90. The molecule has 3 N–H and O–H groups in total. The molecule has 0 aliphatic rings. The Kier molecular flexibility index (Phi) is 6.11. The minimum atomic E-state index is -0.679. The van der Waals surface area contributed by atoms with E-state index in [9.17, 15) is 9.59 Å². The summed E-state index contributed by atoms with van der Waals surface area (Å²) in [6.07, 6.45) is 2.26. The van der Waals surface area contributed by atoms with Crippen molar-refractivity contribution in [2.75, 3.05) is 31.9 Å². The summed E-state index contributed by atoms with van der Waals surface area (Å²) in [5, 5.41) is 12.5. The zero-order chi connectivity index (χ0) is 21.7. The molecule has 3 rings (SSSR count). The van der Waals surface area contributed by atoms with Gasteiger partial charge in [0.05, 0.1) is 36.7 Å². The molecule has 0 atom stereocenters. The highest BCUT2D eigenvalue weighted by Gasteiger charge is 2.18. The van der Waals surface area contributed by atoms with E-state index >= 15 is 0 Å². The van der Waals surface area contributed by atoms with E-state index in [1.54, 1.807) is 24.1 Å². The van der Waals surface area contributed by atoms with Crippen molar-refractivity contribution in [1.29, 1.82) is 0 Å². The fourth-order valence-corrected chi connectivity index (χ4v) is 2.74. The number of nitrogens with zero attached hydrogens (tertiary/aromatic N) is 4. The number of aryl methyl sites for hydroxylation is 1. The number of ether oxygens (including phenoxy) is 2. The average molecular weight is 411 g/mol. The maximum Gasteiger partial charge on any atom is 0.412 e. The average Bonchev–Trinajstić information content (AvgIpc) is 3.19. The number of carbonyl (C=O) groups is 2. The predicted octanol–water partition coefficient (Wildman–Crippen LogP) is 2.17. The first-order valence-corrected chi connectivity index (χ1v) is 8.84. The highest BCUT2D eigenvalue weighted by Crippen LogP contribution is 2.37. The summed E-state index contributed by atoms with van der Waals surface area (Å²) in [6, 6.07) is 6.94. The second-order valence-electron chi connectivity index (χ2n) is 6.06. The molecule has 0 fully saturated rings. The Hall–Kier alpha value is -4.15. The van der Waals surface area contributed by atoms with Crippen LogP contribution in [0.25, 0.3) is 11.4 Å². The van der Waals surface area contributed by atoms with Crippen LogP contribution in [-0.2, 0) is 11.8 Å². The fourth-order valence-electron chi connectivity index (χ4n) is 2.74. The van der Waals surface area contributed by atoms with E-state index in [4.69, 9.17) is 4.74 Å². The van der Waals surface area contributed by atoms with Gasteiger partial charge in [-0.3, -0.25) is 14.8 Å². The van der Waals surface area contributed by atoms with E-state index in [1.165, 1.54) is 33.5 Å². The summed E-state index contributed by atoms with van der Waals surface area (Å²) in [5.41, 5.74) is 1.92. The van der Waals surface area contributed by atoms with E-state index in [0.717, 1.165) is 0 Å². The van der Waals surface area contributed by atoms with Gasteiger partial charge in [-0.25, -0.2) is 14.8 Å². The molecule has 30 heavy (non-hydrogen) atoms. The van der Waals surface area contributed by atoms with Crippen LogP contribution in [0.1, 0.15) is 10.4 Å². The van der Waals surface area contributed by atoms with Gasteiger partial charge < -0.3 is 20.1 Å². The number of pyridine rings is 1. The van der Waals surface area contributed by atoms with Gasteiger partial charge in [-0.05, 0) is 12.1 Å². The molecule has 2 amide bonds. The summed E-state index contributed by atoms with van der Waals surface area (Å²) >= 11 is 0. The lowest BCUT2D eigenvalue weighted by atomic mass is 10.1. The van der Waals surface area contributed by atoms with Crippen LogP contribution in [0.5, 0.6) is 5.75 Å². The molecule has 0 bridgehead atoms. The van der Waals surface area contributed by atoms with E-state index in [0.29, 0.717) is 28.5 Å². The van der Waals surface area contributed by atoms with Gasteiger partial charge in [0, 0.05) is 26.4 Å². The van der Waals surface area contributed by atoms with E-state index in [-0.39, 0.29) is 17.3 Å². The first-order valence-electron chi connectivity index (χ1n) is 8.84. The van der Waals surface area contributed by atoms with Crippen molar-refractivity contribution in [1.82, 2.24) is 25.1 Å². The standard InChI is InChI=1S/C19H21N7O4/c1-20-18(27)12-9-21-15(24-19(28)30-4)8-14(12)23-13-7-5-6-11(16(13)29-3)17-22-10-26(2)25-17/h5-10H,1-4H3,(H,20,27)(H2,21,23,24,28). The molecule has 2 heterocycles. The lowest BCUT2D eigenvalue weighted by molar-refractivity contribution is 0.0963. The van der Waals surface area contributed by atoms with Crippen molar-refractivity contribution in [2.45, 2.75) is 0 Å². The molecule has 2 aromatic heterocycles. The Morgan fingerprint density at radius 3 is 2.57 bits per heavy atom. The van der Waals surface area contributed by atoms with E-state index < -0.39 is 6.09 Å². The zero-order valence-electron chi connectivity index (χ0n) is 16.9. The minimum Gasteiger partial charge on any atom is -0.494 e. The highest BCUT2D eigenvalue weighted by molar-refractivity contribution is 6.01. The Morgan fingerprint density at radius 2 is 1.93 bits per heavy atom. The lowest BCUT2D eigenvalue weighted by Crippen LogP contribution is -2.20. The van der Waals surface area contributed by atoms with Crippen LogP contribution in [0.15, 0.2) is 36.8 Å². The molecule has 11 nitrogen and oxygen atoms in total. The van der Waals surface area contributed by atoms with Gasteiger partial charge in [0.25, 0.3) is 5.91 Å². The number of methoxy groups -OCH3 is 2. The molecule has 0 saturated heterocycles. The summed E-state index contributed by atoms with van der Waals surface area (Å²) in [5.74, 6) is 0.841. The third-order valence-corrected chi connectivity index (χ3v) is 4.12. The molecule has 0 aliphatic carbocycles. The van der Waals surface area contributed by atoms with Gasteiger partial charge in [0.15, 0.2) is 11.6 Å².